The van der Waals surface area contributed by atoms with Gasteiger partial charge in [-0.3, -0.25) is 4.79 Å². The van der Waals surface area contributed by atoms with E-state index in [1.54, 1.807) is 0 Å². The molecule has 1 amide bonds. The van der Waals surface area contributed by atoms with Gasteiger partial charge >= 0.3 is 0 Å². The fraction of sp³-hybridized carbons (Fsp3) is 0.824. The van der Waals surface area contributed by atoms with Crippen LogP contribution in [0.15, 0.2) is 29.4 Å². The molecular formula is C34H64N2O. The highest BCUT2D eigenvalue weighted by Gasteiger charge is 2.09. The summed E-state index contributed by atoms with van der Waals surface area (Å²) < 4.78 is 0. The van der Waals surface area contributed by atoms with Gasteiger partial charge in [-0.25, -0.2) is 5.43 Å². The zero-order valence-electron chi connectivity index (χ0n) is 25.5. The van der Waals surface area contributed by atoms with Gasteiger partial charge in [0, 0.05) is 12.1 Å². The molecule has 0 aromatic carbocycles. The van der Waals surface area contributed by atoms with Crippen LogP contribution in [0, 0.1) is 5.92 Å². The number of hydrazone groups is 1. The van der Waals surface area contributed by atoms with Gasteiger partial charge < -0.3 is 0 Å². The zero-order valence-corrected chi connectivity index (χ0v) is 25.5. The second-order valence-corrected chi connectivity index (χ2v) is 11.2. The Morgan fingerprint density at radius 1 is 0.622 bits per heavy atom. The van der Waals surface area contributed by atoms with Gasteiger partial charge in [-0.05, 0) is 70.1 Å². The van der Waals surface area contributed by atoms with E-state index < -0.39 is 0 Å². The molecule has 0 aromatic heterocycles. The first-order chi connectivity index (χ1) is 18.1. The Morgan fingerprint density at radius 3 is 1.57 bits per heavy atom. The lowest BCUT2D eigenvalue weighted by Gasteiger charge is -2.11. The van der Waals surface area contributed by atoms with Gasteiger partial charge in [0.25, 0.3) is 0 Å². The van der Waals surface area contributed by atoms with Crippen molar-refractivity contribution in [3.63, 3.8) is 0 Å². The number of hydrogen-bond acceptors (Lipinski definition) is 2. The molecule has 0 spiro atoms. The minimum Gasteiger partial charge on any atom is -0.273 e. The van der Waals surface area contributed by atoms with Gasteiger partial charge in [-0.15, -0.1) is 0 Å². The minimum absolute atomic E-state index is 0.0829. The summed E-state index contributed by atoms with van der Waals surface area (Å²) >= 11 is 0. The molecule has 1 atom stereocenters. The third-order valence-corrected chi connectivity index (χ3v) is 7.13. The Hall–Kier alpha value is -1.38. The molecule has 37 heavy (non-hydrogen) atoms. The number of rotatable bonds is 27. The summed E-state index contributed by atoms with van der Waals surface area (Å²) in [6, 6.07) is 0. The maximum absolute atomic E-state index is 12.5. The van der Waals surface area contributed by atoms with Crippen molar-refractivity contribution >= 4 is 11.6 Å². The van der Waals surface area contributed by atoms with Gasteiger partial charge in [-0.2, -0.15) is 5.10 Å². The molecule has 1 N–H and O–H groups in total. The van der Waals surface area contributed by atoms with Crippen molar-refractivity contribution in [3.05, 3.63) is 24.3 Å². The Labute approximate surface area is 232 Å². The van der Waals surface area contributed by atoms with Gasteiger partial charge in [0.1, 0.15) is 0 Å². The molecule has 0 aliphatic carbocycles. The zero-order chi connectivity index (χ0) is 27.2. The van der Waals surface area contributed by atoms with E-state index in [0.29, 0.717) is 12.3 Å². The third-order valence-electron chi connectivity index (χ3n) is 7.13. The quantitative estimate of drug-likeness (QED) is 0.0501. The number of nitrogens with zero attached hydrogens (tertiary/aromatic N) is 1. The average molecular weight is 517 g/mol. The highest BCUT2D eigenvalue weighted by Crippen LogP contribution is 2.15. The SMILES string of the molecule is CCCCC/C=C\CCCC(CCC/C=C\CCCCC)=NNC(=O)CC(C)CCCCCCCCC. The van der Waals surface area contributed by atoms with E-state index in [2.05, 4.69) is 62.5 Å². The minimum atomic E-state index is 0.0829. The normalized spacial score (nSPS) is 12.4. The van der Waals surface area contributed by atoms with E-state index in [1.165, 1.54) is 96.3 Å². The maximum Gasteiger partial charge on any atom is 0.240 e. The summed E-state index contributed by atoms with van der Waals surface area (Å²) in [6.45, 7) is 8.98. The number of amides is 1. The first kappa shape index (κ1) is 35.6. The van der Waals surface area contributed by atoms with Crippen LogP contribution in [0.25, 0.3) is 0 Å². The smallest absolute Gasteiger partial charge is 0.240 e. The molecule has 0 aromatic rings. The van der Waals surface area contributed by atoms with Crippen LogP contribution in [0.1, 0.15) is 175 Å². The Bertz CT molecular complexity index is 550. The summed E-state index contributed by atoms with van der Waals surface area (Å²) in [5.41, 5.74) is 4.06. The lowest BCUT2D eigenvalue weighted by Crippen LogP contribution is -2.21. The van der Waals surface area contributed by atoms with Gasteiger partial charge in [0.05, 0.1) is 0 Å². The molecule has 1 unspecified atom stereocenters. The molecule has 0 aliphatic heterocycles. The van der Waals surface area contributed by atoms with Crippen LogP contribution in [0.4, 0.5) is 0 Å². The standard InChI is InChI=1S/C34H64N2O/c1-5-8-11-14-17-20-23-26-29-33(30-27-24-21-18-15-12-9-6-2)35-36-34(37)31-32(4)28-25-22-19-16-13-10-7-3/h17-18,20-21,32H,5-16,19,22-31H2,1-4H3,(H,36,37)/b20-17-,21-18-. The van der Waals surface area contributed by atoms with Gasteiger partial charge in [-0.1, -0.05) is 129 Å². The number of carbonyl (C=O) groups is 1. The maximum atomic E-state index is 12.5. The second-order valence-electron chi connectivity index (χ2n) is 11.2. The van der Waals surface area contributed by atoms with Crippen LogP contribution in [-0.4, -0.2) is 11.6 Å². The van der Waals surface area contributed by atoms with Crippen LogP contribution >= 0.6 is 0 Å². The molecule has 0 rings (SSSR count). The second kappa shape index (κ2) is 29.2. The molecule has 3 heteroatoms. The van der Waals surface area contributed by atoms with E-state index in [1.807, 2.05) is 0 Å². The lowest BCUT2D eigenvalue weighted by atomic mass is 9.98. The predicted molar refractivity (Wildman–Crippen MR) is 166 cm³/mol. The van der Waals surface area contributed by atoms with Crippen molar-refractivity contribution in [2.24, 2.45) is 11.0 Å². The van der Waals surface area contributed by atoms with Crippen LogP contribution in [-0.2, 0) is 4.79 Å². The highest BCUT2D eigenvalue weighted by molar-refractivity contribution is 5.86. The van der Waals surface area contributed by atoms with E-state index >= 15 is 0 Å². The van der Waals surface area contributed by atoms with Crippen molar-refractivity contribution in [2.45, 2.75) is 175 Å². The summed E-state index contributed by atoms with van der Waals surface area (Å²) in [6.07, 6.45) is 37.0. The molecule has 0 saturated carbocycles. The summed E-state index contributed by atoms with van der Waals surface area (Å²) in [5, 5.41) is 4.60. The van der Waals surface area contributed by atoms with Crippen molar-refractivity contribution in [3.8, 4) is 0 Å². The van der Waals surface area contributed by atoms with Crippen molar-refractivity contribution in [2.75, 3.05) is 0 Å². The van der Waals surface area contributed by atoms with Crippen molar-refractivity contribution < 1.29 is 4.79 Å². The number of nitrogens with one attached hydrogen (secondary N) is 1. The van der Waals surface area contributed by atoms with E-state index in [-0.39, 0.29) is 5.91 Å². The molecule has 0 saturated heterocycles. The van der Waals surface area contributed by atoms with Crippen LogP contribution in [0.2, 0.25) is 0 Å². The van der Waals surface area contributed by atoms with E-state index in [9.17, 15) is 4.79 Å². The molecule has 0 fully saturated rings. The summed E-state index contributed by atoms with van der Waals surface area (Å²) in [4.78, 5) is 12.5. The Morgan fingerprint density at radius 2 is 1.05 bits per heavy atom. The first-order valence-corrected chi connectivity index (χ1v) is 16.3. The molecule has 0 heterocycles. The predicted octanol–water partition coefficient (Wildman–Crippen LogP) is 11.2. The monoisotopic (exact) mass is 517 g/mol. The number of allylic oxidation sites excluding steroid dienone is 4. The first-order valence-electron chi connectivity index (χ1n) is 16.3. The molecular weight excluding hydrogens is 452 g/mol. The number of carbonyl (C=O) groups excluding carboxylic acids is 1. The largest absolute Gasteiger partial charge is 0.273 e. The molecule has 216 valence electrons. The number of hydrogen-bond donors (Lipinski definition) is 1. The van der Waals surface area contributed by atoms with Crippen LogP contribution in [0.5, 0.6) is 0 Å². The molecule has 0 bridgehead atoms. The third kappa shape index (κ3) is 27.5. The molecule has 3 nitrogen and oxygen atoms in total. The Kier molecular flexibility index (Phi) is 28.1. The summed E-state index contributed by atoms with van der Waals surface area (Å²) in [7, 11) is 0. The van der Waals surface area contributed by atoms with E-state index in [0.717, 1.165) is 50.7 Å². The highest BCUT2D eigenvalue weighted by atomic mass is 16.2. The van der Waals surface area contributed by atoms with E-state index in [4.69, 9.17) is 0 Å². The Balaban J connectivity index is 4.38. The van der Waals surface area contributed by atoms with Crippen LogP contribution < -0.4 is 5.43 Å². The van der Waals surface area contributed by atoms with Gasteiger partial charge in [0.15, 0.2) is 0 Å². The fourth-order valence-electron chi connectivity index (χ4n) is 4.64. The average Bonchev–Trinajstić information content (AvgIpc) is 2.89. The summed E-state index contributed by atoms with van der Waals surface area (Å²) in [5.74, 6) is 0.518. The number of unbranched alkanes of at least 4 members (excludes halogenated alkanes) is 14. The van der Waals surface area contributed by atoms with Crippen LogP contribution in [0.3, 0.4) is 0 Å². The topological polar surface area (TPSA) is 41.5 Å². The lowest BCUT2D eigenvalue weighted by molar-refractivity contribution is -0.121. The van der Waals surface area contributed by atoms with Crippen molar-refractivity contribution in [1.82, 2.24) is 5.43 Å². The molecule has 0 radical (unpaired) electrons. The van der Waals surface area contributed by atoms with Gasteiger partial charge in [0.2, 0.25) is 5.91 Å². The van der Waals surface area contributed by atoms with Crippen molar-refractivity contribution in [1.29, 1.82) is 0 Å². The fourth-order valence-corrected chi connectivity index (χ4v) is 4.64. The molecule has 0 aliphatic rings.